The maximum absolute atomic E-state index is 12.9. The van der Waals surface area contributed by atoms with E-state index in [4.69, 9.17) is 5.73 Å². The molecule has 0 aromatic carbocycles. The van der Waals surface area contributed by atoms with Crippen molar-refractivity contribution in [3.63, 3.8) is 0 Å². The van der Waals surface area contributed by atoms with E-state index in [1.165, 1.54) is 0 Å². The molecule has 114 valence electrons. The number of piperazine rings is 1. The van der Waals surface area contributed by atoms with E-state index in [0.29, 0.717) is 19.0 Å². The number of nitrogens with two attached hydrogens (primary N) is 1. The second-order valence-electron chi connectivity index (χ2n) is 6.90. The van der Waals surface area contributed by atoms with Crippen LogP contribution in [-0.2, 0) is 9.59 Å². The molecule has 1 saturated carbocycles. The Hall–Kier alpha value is -1.10. The van der Waals surface area contributed by atoms with Crippen molar-refractivity contribution in [2.75, 3.05) is 13.1 Å². The van der Waals surface area contributed by atoms with E-state index in [9.17, 15) is 9.59 Å². The minimum absolute atomic E-state index is 0.0364. The highest BCUT2D eigenvalue weighted by Gasteiger charge is 2.47. The van der Waals surface area contributed by atoms with E-state index in [2.05, 4.69) is 26.1 Å². The van der Waals surface area contributed by atoms with Crippen LogP contribution < -0.4 is 11.1 Å². The Balaban J connectivity index is 2.18. The number of rotatable bonds is 1. The fourth-order valence-corrected chi connectivity index (χ4v) is 3.58. The molecule has 2 amide bonds. The molecule has 1 heterocycles. The SMILES string of the molecule is CC1C(=O)NCCN1C(=O)C1CCC(N)C(C)C1(C)C. The van der Waals surface area contributed by atoms with Gasteiger partial charge in [0, 0.05) is 25.0 Å². The highest BCUT2D eigenvalue weighted by molar-refractivity contribution is 5.89. The van der Waals surface area contributed by atoms with Crippen LogP contribution in [0.15, 0.2) is 0 Å². The summed E-state index contributed by atoms with van der Waals surface area (Å²) in [4.78, 5) is 26.4. The zero-order chi connectivity index (χ0) is 15.1. The lowest BCUT2D eigenvalue weighted by Gasteiger charge is -2.48. The monoisotopic (exact) mass is 281 g/mol. The fraction of sp³-hybridized carbons (Fsp3) is 0.867. The lowest BCUT2D eigenvalue weighted by Crippen LogP contribution is -2.60. The molecule has 0 aromatic rings. The van der Waals surface area contributed by atoms with Crippen LogP contribution in [0.1, 0.15) is 40.5 Å². The Bertz CT molecular complexity index is 408. The standard InChI is InChI=1S/C15H27N3O2/c1-9-12(16)6-5-11(15(9,3)4)14(20)18-8-7-17-13(19)10(18)2/h9-12H,5-8,16H2,1-4H3,(H,17,19). The Morgan fingerprint density at radius 3 is 2.65 bits per heavy atom. The normalized spacial score (nSPS) is 37.5. The Morgan fingerprint density at radius 1 is 1.35 bits per heavy atom. The number of hydrogen-bond donors (Lipinski definition) is 2. The van der Waals surface area contributed by atoms with Crippen molar-refractivity contribution in [2.45, 2.75) is 52.6 Å². The third-order valence-electron chi connectivity index (χ3n) is 5.58. The zero-order valence-corrected chi connectivity index (χ0v) is 13.0. The van der Waals surface area contributed by atoms with Gasteiger partial charge < -0.3 is 16.0 Å². The summed E-state index contributed by atoms with van der Waals surface area (Å²) in [5, 5.41) is 2.80. The van der Waals surface area contributed by atoms with E-state index in [1.54, 1.807) is 11.8 Å². The summed E-state index contributed by atoms with van der Waals surface area (Å²) in [5.41, 5.74) is 6.03. The first-order valence-corrected chi connectivity index (χ1v) is 7.60. The average Bonchev–Trinajstić information content (AvgIpc) is 2.39. The van der Waals surface area contributed by atoms with Gasteiger partial charge in [-0.05, 0) is 31.1 Å². The summed E-state index contributed by atoms with van der Waals surface area (Å²) in [6.07, 6.45) is 1.71. The van der Waals surface area contributed by atoms with Crippen LogP contribution >= 0.6 is 0 Å². The van der Waals surface area contributed by atoms with Crippen molar-refractivity contribution >= 4 is 11.8 Å². The van der Waals surface area contributed by atoms with E-state index in [0.717, 1.165) is 12.8 Å². The summed E-state index contributed by atoms with van der Waals surface area (Å²) in [5.74, 6) is 0.337. The van der Waals surface area contributed by atoms with E-state index in [1.807, 2.05) is 0 Å². The lowest BCUT2D eigenvalue weighted by atomic mass is 9.60. The van der Waals surface area contributed by atoms with Crippen LogP contribution in [0, 0.1) is 17.3 Å². The summed E-state index contributed by atoms with van der Waals surface area (Å²) >= 11 is 0. The van der Waals surface area contributed by atoms with Crippen molar-refractivity contribution in [2.24, 2.45) is 23.0 Å². The van der Waals surface area contributed by atoms with Crippen molar-refractivity contribution in [1.82, 2.24) is 10.2 Å². The molecular formula is C15H27N3O2. The van der Waals surface area contributed by atoms with Gasteiger partial charge in [-0.25, -0.2) is 0 Å². The second-order valence-corrected chi connectivity index (χ2v) is 6.90. The van der Waals surface area contributed by atoms with E-state index in [-0.39, 0.29) is 35.2 Å². The molecule has 0 spiro atoms. The lowest BCUT2D eigenvalue weighted by molar-refractivity contribution is -0.151. The summed E-state index contributed by atoms with van der Waals surface area (Å²) in [6, 6.07) is -0.200. The molecule has 2 aliphatic rings. The van der Waals surface area contributed by atoms with E-state index >= 15 is 0 Å². The van der Waals surface area contributed by atoms with Gasteiger partial charge in [0.05, 0.1) is 0 Å². The first-order valence-electron chi connectivity index (χ1n) is 7.60. The first-order chi connectivity index (χ1) is 9.26. The zero-order valence-electron chi connectivity index (χ0n) is 13.0. The van der Waals surface area contributed by atoms with Crippen LogP contribution in [0.3, 0.4) is 0 Å². The third-order valence-corrected chi connectivity index (χ3v) is 5.58. The smallest absolute Gasteiger partial charge is 0.242 e. The minimum atomic E-state index is -0.363. The minimum Gasteiger partial charge on any atom is -0.353 e. The molecule has 4 atom stereocenters. The Morgan fingerprint density at radius 2 is 2.00 bits per heavy atom. The van der Waals surface area contributed by atoms with Gasteiger partial charge in [-0.3, -0.25) is 9.59 Å². The van der Waals surface area contributed by atoms with Gasteiger partial charge in [0.25, 0.3) is 0 Å². The van der Waals surface area contributed by atoms with Crippen LogP contribution in [0.4, 0.5) is 0 Å². The summed E-state index contributed by atoms with van der Waals surface area (Å²) in [6.45, 7) is 9.37. The average molecular weight is 281 g/mol. The molecule has 5 nitrogen and oxygen atoms in total. The van der Waals surface area contributed by atoms with Crippen LogP contribution in [-0.4, -0.2) is 41.9 Å². The maximum Gasteiger partial charge on any atom is 0.242 e. The molecule has 0 radical (unpaired) electrons. The number of carbonyl (C=O) groups is 2. The number of nitrogens with zero attached hydrogens (tertiary/aromatic N) is 1. The Labute approximate surface area is 121 Å². The summed E-state index contributed by atoms with van der Waals surface area (Å²) < 4.78 is 0. The third kappa shape index (κ3) is 2.43. The Kier molecular flexibility index (Phi) is 4.09. The maximum atomic E-state index is 12.9. The van der Waals surface area contributed by atoms with E-state index < -0.39 is 0 Å². The van der Waals surface area contributed by atoms with Crippen LogP contribution in [0.2, 0.25) is 0 Å². The molecule has 1 saturated heterocycles. The van der Waals surface area contributed by atoms with Crippen LogP contribution in [0.5, 0.6) is 0 Å². The molecular weight excluding hydrogens is 254 g/mol. The van der Waals surface area contributed by atoms with Crippen molar-refractivity contribution < 1.29 is 9.59 Å². The predicted molar refractivity (Wildman–Crippen MR) is 77.8 cm³/mol. The quantitative estimate of drug-likeness (QED) is 0.744. The van der Waals surface area contributed by atoms with Gasteiger partial charge in [-0.1, -0.05) is 20.8 Å². The summed E-state index contributed by atoms with van der Waals surface area (Å²) in [7, 11) is 0. The molecule has 3 N–H and O–H groups in total. The first kappa shape index (κ1) is 15.3. The highest BCUT2D eigenvalue weighted by atomic mass is 16.2. The topological polar surface area (TPSA) is 75.4 Å². The number of carbonyl (C=O) groups excluding carboxylic acids is 2. The van der Waals surface area contributed by atoms with Crippen molar-refractivity contribution in [3.05, 3.63) is 0 Å². The van der Waals surface area contributed by atoms with Gasteiger partial charge in [0.2, 0.25) is 11.8 Å². The molecule has 4 unspecified atom stereocenters. The van der Waals surface area contributed by atoms with Gasteiger partial charge in [-0.2, -0.15) is 0 Å². The number of amides is 2. The predicted octanol–water partition coefficient (Wildman–Crippen LogP) is 0.733. The van der Waals surface area contributed by atoms with Crippen LogP contribution in [0.25, 0.3) is 0 Å². The van der Waals surface area contributed by atoms with Crippen molar-refractivity contribution in [1.29, 1.82) is 0 Å². The van der Waals surface area contributed by atoms with Gasteiger partial charge in [-0.15, -0.1) is 0 Å². The molecule has 1 aliphatic carbocycles. The molecule has 0 bridgehead atoms. The van der Waals surface area contributed by atoms with Crippen molar-refractivity contribution in [3.8, 4) is 0 Å². The molecule has 2 fully saturated rings. The van der Waals surface area contributed by atoms with Gasteiger partial charge >= 0.3 is 0 Å². The number of hydrogen-bond acceptors (Lipinski definition) is 3. The largest absolute Gasteiger partial charge is 0.353 e. The highest BCUT2D eigenvalue weighted by Crippen LogP contribution is 2.45. The molecule has 20 heavy (non-hydrogen) atoms. The molecule has 1 aliphatic heterocycles. The fourth-order valence-electron chi connectivity index (χ4n) is 3.58. The molecule has 2 rings (SSSR count). The second kappa shape index (κ2) is 5.35. The molecule has 0 aromatic heterocycles. The van der Waals surface area contributed by atoms with Gasteiger partial charge in [0.1, 0.15) is 6.04 Å². The molecule has 5 heteroatoms. The van der Waals surface area contributed by atoms with Gasteiger partial charge in [0.15, 0.2) is 0 Å². The number of nitrogens with one attached hydrogen (secondary N) is 1.